The highest BCUT2D eigenvalue weighted by Gasteiger charge is 2.26. The van der Waals surface area contributed by atoms with Crippen LogP contribution in [0.5, 0.6) is 0 Å². The number of hydrogen-bond acceptors (Lipinski definition) is 4. The molecule has 1 amide bonds. The Hall–Kier alpha value is -0.940. The minimum Gasteiger partial charge on any atom is -0.354 e. The van der Waals surface area contributed by atoms with Crippen LogP contribution >= 0.6 is 11.3 Å². The highest BCUT2D eigenvalue weighted by Crippen LogP contribution is 2.15. The summed E-state index contributed by atoms with van der Waals surface area (Å²) in [5, 5.41) is 8.29. The van der Waals surface area contributed by atoms with Gasteiger partial charge in [-0.3, -0.25) is 4.79 Å². The zero-order valence-electron chi connectivity index (χ0n) is 10.1. The molecular formula is C12H19N3OS. The third-order valence-electron chi connectivity index (χ3n) is 3.22. The summed E-state index contributed by atoms with van der Waals surface area (Å²) in [5.41, 5.74) is 2.88. The molecule has 2 N–H and O–H groups in total. The minimum atomic E-state index is -0.0146. The highest BCUT2D eigenvalue weighted by atomic mass is 32.1. The first-order valence-electron chi connectivity index (χ1n) is 6.15. The van der Waals surface area contributed by atoms with Crippen molar-refractivity contribution in [2.75, 3.05) is 13.1 Å². The molecule has 5 heteroatoms. The molecule has 17 heavy (non-hydrogen) atoms. The Labute approximate surface area is 106 Å². The predicted octanol–water partition coefficient (Wildman–Crippen LogP) is 1.19. The van der Waals surface area contributed by atoms with E-state index in [1.165, 1.54) is 6.42 Å². The molecule has 0 aliphatic carbocycles. The van der Waals surface area contributed by atoms with Crippen molar-refractivity contribution in [3.05, 3.63) is 16.6 Å². The van der Waals surface area contributed by atoms with Crippen LogP contribution in [0.4, 0.5) is 0 Å². The summed E-state index contributed by atoms with van der Waals surface area (Å²) in [6.07, 6.45) is 3.12. The van der Waals surface area contributed by atoms with Crippen LogP contribution in [-0.4, -0.2) is 30.0 Å². The summed E-state index contributed by atoms with van der Waals surface area (Å²) in [5.74, 6) is 0.565. The lowest BCUT2D eigenvalue weighted by molar-refractivity contribution is -0.124. The average Bonchev–Trinajstić information content (AvgIpc) is 2.82. The zero-order chi connectivity index (χ0) is 12.1. The number of aromatic nitrogens is 1. The summed E-state index contributed by atoms with van der Waals surface area (Å²) in [6, 6.07) is -0.0146. The normalized spacial score (nSPS) is 24.5. The molecule has 1 fully saturated rings. The number of thiazole rings is 1. The van der Waals surface area contributed by atoms with Gasteiger partial charge in [-0.05, 0) is 25.3 Å². The van der Waals surface area contributed by atoms with Crippen molar-refractivity contribution in [1.82, 2.24) is 15.6 Å². The largest absolute Gasteiger partial charge is 0.354 e. The van der Waals surface area contributed by atoms with Crippen LogP contribution in [0.2, 0.25) is 0 Å². The summed E-state index contributed by atoms with van der Waals surface area (Å²) < 4.78 is 0. The monoisotopic (exact) mass is 253 g/mol. The Bertz CT molecular complexity index is 353. The SMILES string of the molecule is CC1CCCNC1C(=O)NCCc1cscn1. The van der Waals surface area contributed by atoms with Crippen LogP contribution in [0.1, 0.15) is 25.5 Å². The smallest absolute Gasteiger partial charge is 0.237 e. The van der Waals surface area contributed by atoms with Gasteiger partial charge in [0.15, 0.2) is 0 Å². The molecule has 1 aliphatic rings. The highest BCUT2D eigenvalue weighted by molar-refractivity contribution is 7.07. The van der Waals surface area contributed by atoms with Gasteiger partial charge >= 0.3 is 0 Å². The van der Waals surface area contributed by atoms with Crippen LogP contribution in [0.15, 0.2) is 10.9 Å². The Kier molecular flexibility index (Phi) is 4.50. The fraction of sp³-hybridized carbons (Fsp3) is 0.667. The van der Waals surface area contributed by atoms with Gasteiger partial charge in [-0.15, -0.1) is 11.3 Å². The van der Waals surface area contributed by atoms with E-state index in [0.717, 1.165) is 25.1 Å². The lowest BCUT2D eigenvalue weighted by Crippen LogP contribution is -2.51. The molecule has 0 bridgehead atoms. The first-order chi connectivity index (χ1) is 8.27. The van der Waals surface area contributed by atoms with Crippen molar-refractivity contribution in [3.8, 4) is 0 Å². The molecule has 94 valence electrons. The average molecular weight is 253 g/mol. The van der Waals surface area contributed by atoms with Gasteiger partial charge in [0, 0.05) is 18.3 Å². The molecule has 4 nitrogen and oxygen atoms in total. The fourth-order valence-corrected chi connectivity index (χ4v) is 2.78. The first kappa shape index (κ1) is 12.5. The number of carbonyl (C=O) groups is 1. The maximum absolute atomic E-state index is 11.9. The van der Waals surface area contributed by atoms with Gasteiger partial charge < -0.3 is 10.6 Å². The van der Waals surface area contributed by atoms with Gasteiger partial charge in [-0.2, -0.15) is 0 Å². The summed E-state index contributed by atoms with van der Waals surface area (Å²) in [4.78, 5) is 16.1. The molecule has 2 unspecified atom stereocenters. The standard InChI is InChI=1S/C12H19N3OS/c1-9-3-2-5-13-11(9)12(16)14-6-4-10-7-17-8-15-10/h7-9,11,13H,2-6H2,1H3,(H,14,16). The van der Waals surface area contributed by atoms with E-state index in [9.17, 15) is 4.79 Å². The second-order valence-corrected chi connectivity index (χ2v) is 5.29. The third-order valence-corrected chi connectivity index (χ3v) is 3.85. The van der Waals surface area contributed by atoms with E-state index in [1.807, 2.05) is 10.9 Å². The third kappa shape index (κ3) is 3.51. The first-order valence-corrected chi connectivity index (χ1v) is 7.10. The maximum atomic E-state index is 11.9. The zero-order valence-corrected chi connectivity index (χ0v) is 10.9. The van der Waals surface area contributed by atoms with Crippen LogP contribution < -0.4 is 10.6 Å². The summed E-state index contributed by atoms with van der Waals surface area (Å²) in [7, 11) is 0. The molecular weight excluding hydrogens is 234 g/mol. The van der Waals surface area contributed by atoms with Crippen LogP contribution in [0.25, 0.3) is 0 Å². The molecule has 2 atom stereocenters. The molecule has 1 aliphatic heterocycles. The molecule has 0 aromatic carbocycles. The Morgan fingerprint density at radius 3 is 3.29 bits per heavy atom. The van der Waals surface area contributed by atoms with Crippen molar-refractivity contribution in [1.29, 1.82) is 0 Å². The van der Waals surface area contributed by atoms with Gasteiger partial charge in [-0.1, -0.05) is 6.92 Å². The Morgan fingerprint density at radius 1 is 1.71 bits per heavy atom. The minimum absolute atomic E-state index is 0.0146. The second-order valence-electron chi connectivity index (χ2n) is 4.57. The number of nitrogens with one attached hydrogen (secondary N) is 2. The topological polar surface area (TPSA) is 54.0 Å². The van der Waals surface area contributed by atoms with Crippen LogP contribution in [0, 0.1) is 5.92 Å². The molecule has 1 aromatic rings. The van der Waals surface area contributed by atoms with E-state index < -0.39 is 0 Å². The lowest BCUT2D eigenvalue weighted by Gasteiger charge is -2.28. The van der Waals surface area contributed by atoms with E-state index in [0.29, 0.717) is 12.5 Å². The molecule has 1 saturated heterocycles. The van der Waals surface area contributed by atoms with Gasteiger partial charge in [0.1, 0.15) is 0 Å². The Balaban J connectivity index is 1.73. The van der Waals surface area contributed by atoms with Gasteiger partial charge in [0.05, 0.1) is 17.2 Å². The van der Waals surface area contributed by atoms with Crippen molar-refractivity contribution in [2.45, 2.75) is 32.2 Å². The molecule has 0 saturated carbocycles. The number of hydrogen-bond donors (Lipinski definition) is 2. The van der Waals surface area contributed by atoms with Crippen LogP contribution in [-0.2, 0) is 11.2 Å². The molecule has 2 heterocycles. The van der Waals surface area contributed by atoms with Crippen LogP contribution in [0.3, 0.4) is 0 Å². The van der Waals surface area contributed by atoms with Gasteiger partial charge in [-0.25, -0.2) is 4.98 Å². The van der Waals surface area contributed by atoms with E-state index >= 15 is 0 Å². The molecule has 1 aromatic heterocycles. The van der Waals surface area contributed by atoms with Crippen molar-refractivity contribution in [3.63, 3.8) is 0 Å². The fourth-order valence-electron chi connectivity index (χ4n) is 2.19. The molecule has 0 radical (unpaired) electrons. The summed E-state index contributed by atoms with van der Waals surface area (Å²) >= 11 is 1.59. The van der Waals surface area contributed by atoms with E-state index in [2.05, 4.69) is 22.5 Å². The van der Waals surface area contributed by atoms with Crippen molar-refractivity contribution >= 4 is 17.2 Å². The number of carbonyl (C=O) groups excluding carboxylic acids is 1. The number of piperidine rings is 1. The lowest BCUT2D eigenvalue weighted by atomic mass is 9.92. The van der Waals surface area contributed by atoms with Gasteiger partial charge in [0.25, 0.3) is 0 Å². The Morgan fingerprint density at radius 2 is 2.59 bits per heavy atom. The quantitative estimate of drug-likeness (QED) is 0.847. The van der Waals surface area contributed by atoms with E-state index in [1.54, 1.807) is 11.3 Å². The maximum Gasteiger partial charge on any atom is 0.237 e. The van der Waals surface area contributed by atoms with Crippen molar-refractivity contribution < 1.29 is 4.79 Å². The number of nitrogens with zero attached hydrogens (tertiary/aromatic N) is 1. The van der Waals surface area contributed by atoms with E-state index in [4.69, 9.17) is 0 Å². The van der Waals surface area contributed by atoms with Gasteiger partial charge in [0.2, 0.25) is 5.91 Å². The number of rotatable bonds is 4. The second kappa shape index (κ2) is 6.12. The predicted molar refractivity (Wildman–Crippen MR) is 69.0 cm³/mol. The summed E-state index contributed by atoms with van der Waals surface area (Å²) in [6.45, 7) is 3.76. The molecule has 2 rings (SSSR count). The van der Waals surface area contributed by atoms with E-state index in [-0.39, 0.29) is 11.9 Å². The van der Waals surface area contributed by atoms with Crippen molar-refractivity contribution in [2.24, 2.45) is 5.92 Å². The number of amides is 1. The molecule has 0 spiro atoms.